The highest BCUT2D eigenvalue weighted by Gasteiger charge is 2.10. The number of hydrogen-bond donors (Lipinski definition) is 2. The molecule has 0 aliphatic rings. The maximum atomic E-state index is 9.71. The van der Waals surface area contributed by atoms with E-state index in [1.165, 1.54) is 11.1 Å². The normalized spacial score (nSPS) is 12.4. The van der Waals surface area contributed by atoms with Gasteiger partial charge in [0, 0.05) is 20.3 Å². The van der Waals surface area contributed by atoms with Crippen molar-refractivity contribution in [1.29, 1.82) is 0 Å². The van der Waals surface area contributed by atoms with E-state index in [1.807, 2.05) is 19.2 Å². The number of hydrogen-bond acceptors (Lipinski definition) is 4. The summed E-state index contributed by atoms with van der Waals surface area (Å²) in [6.45, 7) is 3.76. The summed E-state index contributed by atoms with van der Waals surface area (Å²) in [6, 6.07) is 6.14. The predicted octanol–water partition coefficient (Wildman–Crippen LogP) is 1.79. The Morgan fingerprint density at radius 1 is 1.35 bits per heavy atom. The minimum Gasteiger partial charge on any atom is -0.491 e. The van der Waals surface area contributed by atoms with E-state index in [1.54, 1.807) is 7.11 Å². The number of methoxy groups -OCH3 is 1. The SMILES string of the molecule is CCc1c(CCCOC)cccc1OCC(O)CNC. The highest BCUT2D eigenvalue weighted by Crippen LogP contribution is 2.24. The van der Waals surface area contributed by atoms with Crippen molar-refractivity contribution in [2.24, 2.45) is 0 Å². The molecule has 0 spiro atoms. The number of aliphatic hydroxyl groups excluding tert-OH is 1. The molecule has 0 saturated heterocycles. The van der Waals surface area contributed by atoms with Gasteiger partial charge >= 0.3 is 0 Å². The third-order valence-corrected chi connectivity index (χ3v) is 3.25. The second-order valence-corrected chi connectivity index (χ2v) is 4.87. The molecule has 0 aromatic heterocycles. The van der Waals surface area contributed by atoms with E-state index in [4.69, 9.17) is 9.47 Å². The van der Waals surface area contributed by atoms with Gasteiger partial charge in [0.05, 0.1) is 0 Å². The molecule has 0 bridgehead atoms. The molecule has 2 N–H and O–H groups in total. The number of aliphatic hydroxyl groups is 1. The molecule has 4 nitrogen and oxygen atoms in total. The monoisotopic (exact) mass is 281 g/mol. The Morgan fingerprint density at radius 3 is 2.80 bits per heavy atom. The Balaban J connectivity index is 2.67. The van der Waals surface area contributed by atoms with Crippen molar-refractivity contribution in [3.8, 4) is 5.75 Å². The number of ether oxygens (including phenoxy) is 2. The Hall–Kier alpha value is -1.10. The molecule has 0 radical (unpaired) electrons. The van der Waals surface area contributed by atoms with E-state index in [0.29, 0.717) is 13.2 Å². The first-order chi connectivity index (χ1) is 9.72. The largest absolute Gasteiger partial charge is 0.491 e. The number of benzene rings is 1. The summed E-state index contributed by atoms with van der Waals surface area (Å²) >= 11 is 0. The highest BCUT2D eigenvalue weighted by atomic mass is 16.5. The van der Waals surface area contributed by atoms with Crippen LogP contribution in [0.5, 0.6) is 5.75 Å². The molecular formula is C16H27NO3. The van der Waals surface area contributed by atoms with Crippen LogP contribution in [0.25, 0.3) is 0 Å². The lowest BCUT2D eigenvalue weighted by Crippen LogP contribution is -2.29. The first-order valence-corrected chi connectivity index (χ1v) is 7.28. The van der Waals surface area contributed by atoms with Gasteiger partial charge in [-0.05, 0) is 43.5 Å². The van der Waals surface area contributed by atoms with Gasteiger partial charge < -0.3 is 19.9 Å². The fourth-order valence-corrected chi connectivity index (χ4v) is 2.27. The average Bonchev–Trinajstić information content (AvgIpc) is 2.45. The fraction of sp³-hybridized carbons (Fsp3) is 0.625. The van der Waals surface area contributed by atoms with Crippen LogP contribution < -0.4 is 10.1 Å². The molecule has 1 atom stereocenters. The van der Waals surface area contributed by atoms with Crippen LogP contribution in [0, 0.1) is 0 Å². The van der Waals surface area contributed by atoms with Crippen molar-refractivity contribution in [1.82, 2.24) is 5.32 Å². The molecule has 20 heavy (non-hydrogen) atoms. The molecule has 1 aromatic carbocycles. The molecule has 4 heteroatoms. The quantitative estimate of drug-likeness (QED) is 0.642. The van der Waals surface area contributed by atoms with Gasteiger partial charge in [0.2, 0.25) is 0 Å². The van der Waals surface area contributed by atoms with Crippen molar-refractivity contribution < 1.29 is 14.6 Å². The summed E-state index contributed by atoms with van der Waals surface area (Å²) in [5.41, 5.74) is 2.55. The molecule has 1 rings (SSSR count). The zero-order valence-electron chi connectivity index (χ0n) is 12.8. The van der Waals surface area contributed by atoms with Crippen LogP contribution in [0.15, 0.2) is 18.2 Å². The number of nitrogens with one attached hydrogen (secondary N) is 1. The van der Waals surface area contributed by atoms with Crippen molar-refractivity contribution in [3.05, 3.63) is 29.3 Å². The Bertz CT molecular complexity index is 382. The van der Waals surface area contributed by atoms with Crippen LogP contribution in [0.4, 0.5) is 0 Å². The number of rotatable bonds is 10. The summed E-state index contributed by atoms with van der Waals surface area (Å²) < 4.78 is 10.9. The van der Waals surface area contributed by atoms with E-state index in [0.717, 1.165) is 31.6 Å². The molecule has 0 fully saturated rings. The second kappa shape index (κ2) is 9.75. The lowest BCUT2D eigenvalue weighted by atomic mass is 10.00. The minimum atomic E-state index is -0.484. The standard InChI is InChI=1S/C16H27NO3/c1-4-15-13(8-6-10-19-3)7-5-9-16(15)20-12-14(18)11-17-2/h5,7,9,14,17-18H,4,6,8,10-12H2,1-3H3. The van der Waals surface area contributed by atoms with E-state index in [9.17, 15) is 5.11 Å². The minimum absolute atomic E-state index is 0.315. The van der Waals surface area contributed by atoms with Gasteiger partial charge in [-0.3, -0.25) is 0 Å². The molecule has 0 aliphatic heterocycles. The molecule has 0 heterocycles. The molecule has 0 aliphatic carbocycles. The van der Waals surface area contributed by atoms with Crippen LogP contribution in [0.2, 0.25) is 0 Å². The Kier molecular flexibility index (Phi) is 8.26. The number of likely N-dealkylation sites (N-methyl/N-ethyl adjacent to an activating group) is 1. The molecule has 1 unspecified atom stereocenters. The third-order valence-electron chi connectivity index (χ3n) is 3.25. The molecule has 1 aromatic rings. The van der Waals surface area contributed by atoms with E-state index in [-0.39, 0.29) is 0 Å². The van der Waals surface area contributed by atoms with Gasteiger partial charge in [0.1, 0.15) is 18.5 Å². The van der Waals surface area contributed by atoms with E-state index < -0.39 is 6.10 Å². The first kappa shape index (κ1) is 17.0. The zero-order chi connectivity index (χ0) is 14.8. The molecule has 114 valence electrons. The van der Waals surface area contributed by atoms with Crippen LogP contribution in [-0.4, -0.2) is 45.1 Å². The molecular weight excluding hydrogens is 254 g/mol. The maximum Gasteiger partial charge on any atom is 0.122 e. The highest BCUT2D eigenvalue weighted by molar-refractivity contribution is 5.40. The zero-order valence-corrected chi connectivity index (χ0v) is 12.8. The Labute approximate surface area is 122 Å². The van der Waals surface area contributed by atoms with Crippen molar-refractivity contribution in [3.63, 3.8) is 0 Å². The summed E-state index contributed by atoms with van der Waals surface area (Å²) in [5, 5.41) is 12.6. The van der Waals surface area contributed by atoms with Crippen LogP contribution in [-0.2, 0) is 17.6 Å². The third kappa shape index (κ3) is 5.49. The van der Waals surface area contributed by atoms with Gasteiger partial charge in [-0.25, -0.2) is 0 Å². The predicted molar refractivity (Wildman–Crippen MR) is 81.4 cm³/mol. The lowest BCUT2D eigenvalue weighted by Gasteiger charge is -2.17. The number of aryl methyl sites for hydroxylation is 1. The van der Waals surface area contributed by atoms with Gasteiger partial charge in [-0.15, -0.1) is 0 Å². The van der Waals surface area contributed by atoms with Crippen molar-refractivity contribution in [2.45, 2.75) is 32.3 Å². The van der Waals surface area contributed by atoms with Gasteiger partial charge in [-0.1, -0.05) is 19.1 Å². The first-order valence-electron chi connectivity index (χ1n) is 7.28. The van der Waals surface area contributed by atoms with E-state index in [2.05, 4.69) is 18.3 Å². The topological polar surface area (TPSA) is 50.7 Å². The van der Waals surface area contributed by atoms with Gasteiger partial charge in [0.25, 0.3) is 0 Å². The molecule has 0 saturated carbocycles. The molecule has 0 amide bonds. The van der Waals surface area contributed by atoms with E-state index >= 15 is 0 Å². The fourth-order valence-electron chi connectivity index (χ4n) is 2.27. The van der Waals surface area contributed by atoms with Crippen LogP contribution in [0.3, 0.4) is 0 Å². The Morgan fingerprint density at radius 2 is 2.15 bits per heavy atom. The smallest absolute Gasteiger partial charge is 0.122 e. The average molecular weight is 281 g/mol. The van der Waals surface area contributed by atoms with Gasteiger partial charge in [0.15, 0.2) is 0 Å². The summed E-state index contributed by atoms with van der Waals surface area (Å²) in [4.78, 5) is 0. The lowest BCUT2D eigenvalue weighted by molar-refractivity contribution is 0.107. The van der Waals surface area contributed by atoms with Crippen molar-refractivity contribution >= 4 is 0 Å². The summed E-state index contributed by atoms with van der Waals surface area (Å²) in [5.74, 6) is 0.887. The van der Waals surface area contributed by atoms with Crippen LogP contribution in [0.1, 0.15) is 24.5 Å². The maximum absolute atomic E-state index is 9.71. The summed E-state index contributed by atoms with van der Waals surface area (Å²) in [6.07, 6.45) is 2.45. The summed E-state index contributed by atoms with van der Waals surface area (Å²) in [7, 11) is 3.54. The van der Waals surface area contributed by atoms with Crippen molar-refractivity contribution in [2.75, 3.05) is 33.9 Å². The van der Waals surface area contributed by atoms with Gasteiger partial charge in [-0.2, -0.15) is 0 Å². The second-order valence-electron chi connectivity index (χ2n) is 4.87. The van der Waals surface area contributed by atoms with Crippen LogP contribution >= 0.6 is 0 Å².